The zero-order chi connectivity index (χ0) is 15.0. The molecule has 0 aliphatic heterocycles. The molecule has 20 heavy (non-hydrogen) atoms. The fraction of sp³-hybridized carbons (Fsp3) is 0.562. The lowest BCUT2D eigenvalue weighted by molar-refractivity contribution is -0.122. The van der Waals surface area contributed by atoms with Gasteiger partial charge in [0.05, 0.1) is 5.60 Å². The summed E-state index contributed by atoms with van der Waals surface area (Å²) in [6, 6.07) is 10.1. The first-order chi connectivity index (χ1) is 9.39. The summed E-state index contributed by atoms with van der Waals surface area (Å²) in [5, 5.41) is 12.9. The molecule has 2 N–H and O–H groups in total. The molecule has 1 aromatic rings. The molecule has 0 spiro atoms. The predicted molar refractivity (Wildman–Crippen MR) is 81.6 cm³/mol. The average Bonchev–Trinajstić information content (AvgIpc) is 2.36. The molecule has 4 heteroatoms. The second kappa shape index (κ2) is 8.02. The molecule has 112 valence electrons. The molecular formula is C16H26N2O2. The summed E-state index contributed by atoms with van der Waals surface area (Å²) in [5.41, 5.74) is 0.360. The van der Waals surface area contributed by atoms with Crippen LogP contribution in [0.15, 0.2) is 30.3 Å². The number of benzene rings is 1. The zero-order valence-corrected chi connectivity index (χ0v) is 12.7. The third-order valence-electron chi connectivity index (χ3n) is 3.04. The first-order valence-electron chi connectivity index (χ1n) is 7.07. The maximum absolute atomic E-state index is 11.7. The molecule has 1 unspecified atom stereocenters. The van der Waals surface area contributed by atoms with Crippen LogP contribution in [-0.2, 0) is 11.2 Å². The zero-order valence-electron chi connectivity index (χ0n) is 12.7. The minimum absolute atomic E-state index is 0.0000350. The third kappa shape index (κ3) is 7.26. The average molecular weight is 278 g/mol. The number of likely N-dealkylation sites (N-methyl/N-ethyl adjacent to an activating group) is 1. The Kier molecular flexibility index (Phi) is 6.68. The molecule has 0 bridgehead atoms. The van der Waals surface area contributed by atoms with Gasteiger partial charge in [0.25, 0.3) is 0 Å². The largest absolute Gasteiger partial charge is 0.387 e. The number of nitrogens with one attached hydrogen (secondary N) is 1. The first kappa shape index (κ1) is 16.7. The second-order valence-electron chi connectivity index (χ2n) is 5.85. The highest BCUT2D eigenvalue weighted by atomic mass is 16.3. The number of carbonyl (C=O) groups is 1. The molecule has 0 aromatic heterocycles. The first-order valence-corrected chi connectivity index (χ1v) is 7.07. The Morgan fingerprint density at radius 1 is 1.30 bits per heavy atom. The van der Waals surface area contributed by atoms with Crippen molar-refractivity contribution in [1.82, 2.24) is 10.2 Å². The van der Waals surface area contributed by atoms with Crippen molar-refractivity contribution in [2.45, 2.75) is 31.8 Å². The molecule has 1 atom stereocenters. The van der Waals surface area contributed by atoms with Crippen LogP contribution in [0.25, 0.3) is 0 Å². The Labute approximate surface area is 121 Å². The van der Waals surface area contributed by atoms with Gasteiger partial charge in [0.2, 0.25) is 5.91 Å². The molecule has 0 saturated heterocycles. The smallest absolute Gasteiger partial charge is 0.220 e. The minimum Gasteiger partial charge on any atom is -0.387 e. The van der Waals surface area contributed by atoms with Gasteiger partial charge in [0, 0.05) is 19.5 Å². The number of carbonyl (C=O) groups excluding carboxylic acids is 1. The Bertz CT molecular complexity index is 402. The van der Waals surface area contributed by atoms with Crippen LogP contribution in [0.3, 0.4) is 0 Å². The van der Waals surface area contributed by atoms with Crippen LogP contribution < -0.4 is 5.32 Å². The summed E-state index contributed by atoms with van der Waals surface area (Å²) in [5.74, 6) is -0.0000350. The van der Waals surface area contributed by atoms with Gasteiger partial charge in [0.1, 0.15) is 0 Å². The maximum Gasteiger partial charge on any atom is 0.220 e. The number of hydrogen-bond donors (Lipinski definition) is 2. The third-order valence-corrected chi connectivity index (χ3v) is 3.04. The van der Waals surface area contributed by atoms with Crippen LogP contribution in [0.2, 0.25) is 0 Å². The monoisotopic (exact) mass is 278 g/mol. The van der Waals surface area contributed by atoms with Gasteiger partial charge in [-0.3, -0.25) is 4.79 Å². The molecule has 0 aliphatic carbocycles. The van der Waals surface area contributed by atoms with Crippen molar-refractivity contribution in [2.75, 3.05) is 27.2 Å². The summed E-state index contributed by atoms with van der Waals surface area (Å²) < 4.78 is 0. The van der Waals surface area contributed by atoms with Gasteiger partial charge in [0.15, 0.2) is 0 Å². The Hall–Kier alpha value is -1.39. The molecule has 0 radical (unpaired) electrons. The lowest BCUT2D eigenvalue weighted by atomic mass is 10.1. The van der Waals surface area contributed by atoms with Gasteiger partial charge >= 0.3 is 0 Å². The number of hydrogen-bond acceptors (Lipinski definition) is 3. The van der Waals surface area contributed by atoms with Gasteiger partial charge in [-0.05, 0) is 39.4 Å². The summed E-state index contributed by atoms with van der Waals surface area (Å²) in [6.45, 7) is 2.55. The van der Waals surface area contributed by atoms with E-state index in [0.29, 0.717) is 13.0 Å². The van der Waals surface area contributed by atoms with Crippen molar-refractivity contribution < 1.29 is 9.90 Å². The van der Waals surface area contributed by atoms with Crippen LogP contribution in [0.5, 0.6) is 0 Å². The summed E-state index contributed by atoms with van der Waals surface area (Å²) >= 11 is 0. The summed E-state index contributed by atoms with van der Waals surface area (Å²) in [4.78, 5) is 13.6. The molecule has 0 saturated carbocycles. The van der Waals surface area contributed by atoms with Crippen LogP contribution in [0, 0.1) is 0 Å². The number of nitrogens with zero attached hydrogens (tertiary/aromatic N) is 1. The van der Waals surface area contributed by atoms with Crippen molar-refractivity contribution in [1.29, 1.82) is 0 Å². The van der Waals surface area contributed by atoms with Crippen molar-refractivity contribution in [3.05, 3.63) is 35.9 Å². The highest BCUT2D eigenvalue weighted by Crippen LogP contribution is 2.05. The lowest BCUT2D eigenvalue weighted by Gasteiger charge is -2.27. The van der Waals surface area contributed by atoms with Crippen molar-refractivity contribution in [3.8, 4) is 0 Å². The van der Waals surface area contributed by atoms with E-state index >= 15 is 0 Å². The SMILES string of the molecule is CN(C)CC(C)(O)CNC(=O)CCCc1ccccc1. The van der Waals surface area contributed by atoms with Gasteiger partial charge in [-0.2, -0.15) is 0 Å². The predicted octanol–water partition coefficient (Wildman–Crippen LogP) is 1.44. The molecule has 1 rings (SSSR count). The molecule has 4 nitrogen and oxygen atoms in total. The fourth-order valence-electron chi connectivity index (χ4n) is 2.21. The van der Waals surface area contributed by atoms with E-state index in [-0.39, 0.29) is 12.5 Å². The summed E-state index contributed by atoms with van der Waals surface area (Å²) in [6.07, 6.45) is 2.22. The highest BCUT2D eigenvalue weighted by Gasteiger charge is 2.21. The van der Waals surface area contributed by atoms with E-state index in [9.17, 15) is 9.90 Å². The van der Waals surface area contributed by atoms with Crippen molar-refractivity contribution in [2.24, 2.45) is 0 Å². The van der Waals surface area contributed by atoms with Gasteiger partial charge < -0.3 is 15.3 Å². The van der Waals surface area contributed by atoms with Gasteiger partial charge in [-0.1, -0.05) is 30.3 Å². The van der Waals surface area contributed by atoms with Crippen LogP contribution >= 0.6 is 0 Å². The lowest BCUT2D eigenvalue weighted by Crippen LogP contribution is -2.47. The number of rotatable bonds is 8. The normalized spacial score (nSPS) is 14.1. The highest BCUT2D eigenvalue weighted by molar-refractivity contribution is 5.75. The van der Waals surface area contributed by atoms with E-state index in [4.69, 9.17) is 0 Å². The van der Waals surface area contributed by atoms with E-state index < -0.39 is 5.60 Å². The number of amides is 1. The number of aryl methyl sites for hydroxylation is 1. The van der Waals surface area contributed by atoms with Gasteiger partial charge in [-0.15, -0.1) is 0 Å². The van der Waals surface area contributed by atoms with Gasteiger partial charge in [-0.25, -0.2) is 0 Å². The van der Waals surface area contributed by atoms with Crippen LogP contribution in [0.1, 0.15) is 25.3 Å². The fourth-order valence-corrected chi connectivity index (χ4v) is 2.21. The van der Waals surface area contributed by atoms with E-state index in [1.165, 1.54) is 5.56 Å². The molecular weight excluding hydrogens is 252 g/mol. The van der Waals surface area contributed by atoms with Crippen molar-refractivity contribution >= 4 is 5.91 Å². The quantitative estimate of drug-likeness (QED) is 0.756. The van der Waals surface area contributed by atoms with E-state index in [0.717, 1.165) is 12.8 Å². The van der Waals surface area contributed by atoms with E-state index in [1.54, 1.807) is 6.92 Å². The molecule has 0 fully saturated rings. The maximum atomic E-state index is 11.7. The molecule has 0 aliphatic rings. The Morgan fingerprint density at radius 2 is 1.95 bits per heavy atom. The van der Waals surface area contributed by atoms with Crippen molar-refractivity contribution in [3.63, 3.8) is 0 Å². The summed E-state index contributed by atoms with van der Waals surface area (Å²) in [7, 11) is 3.80. The Balaban J connectivity index is 2.20. The number of aliphatic hydroxyl groups is 1. The minimum atomic E-state index is -0.890. The second-order valence-corrected chi connectivity index (χ2v) is 5.85. The Morgan fingerprint density at radius 3 is 2.55 bits per heavy atom. The van der Waals surface area contributed by atoms with E-state index in [2.05, 4.69) is 17.4 Å². The van der Waals surface area contributed by atoms with Crippen LogP contribution in [0.4, 0.5) is 0 Å². The van der Waals surface area contributed by atoms with Crippen LogP contribution in [-0.4, -0.2) is 48.7 Å². The molecule has 1 amide bonds. The molecule has 1 aromatic carbocycles. The topological polar surface area (TPSA) is 52.6 Å². The van der Waals surface area contributed by atoms with E-state index in [1.807, 2.05) is 37.2 Å². The standard InChI is InChI=1S/C16H26N2O2/c1-16(20,13-18(2)3)12-17-15(19)11-7-10-14-8-5-4-6-9-14/h4-6,8-9,20H,7,10-13H2,1-3H3,(H,17,19). The molecule has 0 heterocycles.